The first-order valence-electron chi connectivity index (χ1n) is 10.8. The summed E-state index contributed by atoms with van der Waals surface area (Å²) >= 11 is 1.66. The molecule has 5 rings (SSSR count). The fourth-order valence-electron chi connectivity index (χ4n) is 4.56. The van der Waals surface area contributed by atoms with E-state index in [4.69, 9.17) is 0 Å². The first-order chi connectivity index (χ1) is 15.1. The molecule has 1 amide bonds. The number of amides is 1. The van der Waals surface area contributed by atoms with Crippen molar-refractivity contribution in [3.8, 4) is 0 Å². The second-order valence-corrected chi connectivity index (χ2v) is 9.45. The van der Waals surface area contributed by atoms with Gasteiger partial charge in [0.25, 0.3) is 0 Å². The maximum Gasteiger partial charge on any atom is 0.220 e. The number of hydrazine groups is 1. The molecule has 0 bridgehead atoms. The van der Waals surface area contributed by atoms with Crippen molar-refractivity contribution in [2.45, 2.75) is 57.9 Å². The number of hydrogen-bond donors (Lipinski definition) is 3. The Morgan fingerprint density at radius 3 is 3.03 bits per heavy atom. The number of carbonyl (C=O) groups is 1. The monoisotopic (exact) mass is 436 g/mol. The zero-order chi connectivity index (χ0) is 21.4. The molecule has 8 heteroatoms. The van der Waals surface area contributed by atoms with Crippen LogP contribution in [-0.4, -0.2) is 33.9 Å². The van der Waals surface area contributed by atoms with Crippen LogP contribution in [0, 0.1) is 13.8 Å². The minimum absolute atomic E-state index is 0.0553. The number of rotatable bonds is 6. The van der Waals surface area contributed by atoms with Crippen molar-refractivity contribution in [3.63, 3.8) is 0 Å². The Labute approximate surface area is 186 Å². The summed E-state index contributed by atoms with van der Waals surface area (Å²) in [5.41, 5.74) is 10.9. The molecule has 1 aromatic carbocycles. The lowest BCUT2D eigenvalue weighted by atomic mass is 9.95. The molecule has 1 saturated heterocycles. The largest absolute Gasteiger partial charge is 0.351 e. The molecule has 1 fully saturated rings. The molecule has 0 radical (unpaired) electrons. The van der Waals surface area contributed by atoms with Gasteiger partial charge >= 0.3 is 0 Å². The molecular formula is C23H28N6OS. The number of hydrogen-bond acceptors (Lipinski definition) is 7. The van der Waals surface area contributed by atoms with Crippen molar-refractivity contribution in [3.05, 3.63) is 69.7 Å². The van der Waals surface area contributed by atoms with Gasteiger partial charge in [-0.3, -0.25) is 10.2 Å². The van der Waals surface area contributed by atoms with E-state index in [1.54, 1.807) is 11.3 Å². The minimum atomic E-state index is 0.0553. The van der Waals surface area contributed by atoms with Gasteiger partial charge in [-0.2, -0.15) is 5.10 Å². The number of aryl methyl sites for hydroxylation is 2. The summed E-state index contributed by atoms with van der Waals surface area (Å²) in [5, 5.41) is 11.8. The molecule has 1 aromatic heterocycles. The van der Waals surface area contributed by atoms with Crippen LogP contribution in [0.2, 0.25) is 0 Å². The molecule has 2 aromatic rings. The third-order valence-electron chi connectivity index (χ3n) is 6.24. The molecular weight excluding hydrogens is 408 g/mol. The van der Waals surface area contributed by atoms with E-state index in [-0.39, 0.29) is 24.2 Å². The van der Waals surface area contributed by atoms with Crippen LogP contribution in [-0.2, 0) is 11.3 Å². The molecule has 3 unspecified atom stereocenters. The van der Waals surface area contributed by atoms with E-state index in [0.717, 1.165) is 12.3 Å². The van der Waals surface area contributed by atoms with E-state index in [9.17, 15) is 4.79 Å². The van der Waals surface area contributed by atoms with E-state index in [1.165, 1.54) is 21.6 Å². The summed E-state index contributed by atoms with van der Waals surface area (Å²) in [6.45, 7) is 4.91. The van der Waals surface area contributed by atoms with Crippen LogP contribution in [0.3, 0.4) is 0 Å². The van der Waals surface area contributed by atoms with Gasteiger partial charge in [0, 0.05) is 30.1 Å². The third kappa shape index (κ3) is 4.05. The van der Waals surface area contributed by atoms with E-state index in [2.05, 4.69) is 75.6 Å². The number of benzene rings is 1. The van der Waals surface area contributed by atoms with Crippen LogP contribution in [0.4, 0.5) is 0 Å². The zero-order valence-corrected chi connectivity index (χ0v) is 18.7. The number of thiophene rings is 1. The Morgan fingerprint density at radius 2 is 2.19 bits per heavy atom. The highest BCUT2D eigenvalue weighted by molar-refractivity contribution is 7.09. The standard InChI is InChI=1S/C23H28N6OS/c1-15-5-6-16(2)18(12-15)19-13-20-23-26-25-21(28(23)9-10-29(20)27-19)7-8-22(30)24-14-17-4-3-11-31-17/h3-6,9-12,19-20,23,26-27H,7-8,13-14H2,1-2H3,(H,24,30). The molecule has 31 heavy (non-hydrogen) atoms. The first-order valence-corrected chi connectivity index (χ1v) is 11.7. The Balaban J connectivity index is 1.18. The molecule has 0 saturated carbocycles. The molecule has 3 aliphatic heterocycles. The quantitative estimate of drug-likeness (QED) is 0.649. The Bertz CT molecular complexity index is 1020. The Hall–Kier alpha value is -2.84. The molecule has 0 spiro atoms. The van der Waals surface area contributed by atoms with E-state index in [1.807, 2.05) is 17.5 Å². The molecule has 3 aliphatic rings. The second-order valence-electron chi connectivity index (χ2n) is 8.42. The van der Waals surface area contributed by atoms with Crippen LogP contribution in [0.1, 0.15) is 46.9 Å². The van der Waals surface area contributed by atoms with Gasteiger partial charge in [-0.25, -0.2) is 5.43 Å². The summed E-state index contributed by atoms with van der Waals surface area (Å²) in [4.78, 5) is 15.6. The maximum absolute atomic E-state index is 12.3. The van der Waals surface area contributed by atoms with Gasteiger partial charge < -0.3 is 15.2 Å². The van der Waals surface area contributed by atoms with Gasteiger partial charge in [0.1, 0.15) is 12.0 Å². The van der Waals surface area contributed by atoms with Crippen LogP contribution in [0.5, 0.6) is 0 Å². The van der Waals surface area contributed by atoms with Gasteiger partial charge in [0.2, 0.25) is 5.91 Å². The highest BCUT2D eigenvalue weighted by Gasteiger charge is 2.44. The average Bonchev–Trinajstić information content (AvgIpc) is 3.51. The predicted octanol–water partition coefficient (Wildman–Crippen LogP) is 3.11. The first kappa shape index (κ1) is 20.1. The summed E-state index contributed by atoms with van der Waals surface area (Å²) in [6, 6.07) is 11.2. The number of fused-ring (bicyclic) bond motifs is 3. The number of carbonyl (C=O) groups excluding carboxylic acids is 1. The lowest BCUT2D eigenvalue weighted by Gasteiger charge is -2.37. The zero-order valence-electron chi connectivity index (χ0n) is 17.8. The molecule has 3 N–H and O–H groups in total. The summed E-state index contributed by atoms with van der Waals surface area (Å²) < 4.78 is 0. The van der Waals surface area contributed by atoms with Gasteiger partial charge in [-0.1, -0.05) is 29.8 Å². The van der Waals surface area contributed by atoms with Crippen molar-refractivity contribution in [2.24, 2.45) is 5.10 Å². The fraction of sp³-hybridized carbons (Fsp3) is 0.391. The highest BCUT2D eigenvalue weighted by atomic mass is 32.1. The van der Waals surface area contributed by atoms with Crippen LogP contribution < -0.4 is 16.2 Å². The smallest absolute Gasteiger partial charge is 0.220 e. The number of hydrazone groups is 1. The molecule has 0 aliphatic carbocycles. The number of nitrogens with one attached hydrogen (secondary N) is 3. The molecule has 4 heterocycles. The predicted molar refractivity (Wildman–Crippen MR) is 123 cm³/mol. The van der Waals surface area contributed by atoms with Crippen LogP contribution >= 0.6 is 11.3 Å². The van der Waals surface area contributed by atoms with Crippen molar-refractivity contribution in [1.82, 2.24) is 26.1 Å². The summed E-state index contributed by atoms with van der Waals surface area (Å²) in [7, 11) is 0. The summed E-state index contributed by atoms with van der Waals surface area (Å²) in [5.74, 6) is 0.974. The molecule has 162 valence electrons. The molecule has 3 atom stereocenters. The van der Waals surface area contributed by atoms with Gasteiger partial charge in [0.05, 0.1) is 18.6 Å². The van der Waals surface area contributed by atoms with Crippen molar-refractivity contribution in [1.29, 1.82) is 0 Å². The van der Waals surface area contributed by atoms with E-state index >= 15 is 0 Å². The maximum atomic E-state index is 12.3. The van der Waals surface area contributed by atoms with Gasteiger partial charge in [-0.05, 0) is 42.8 Å². The topological polar surface area (TPSA) is 72.0 Å². The highest BCUT2D eigenvalue weighted by Crippen LogP contribution is 2.35. The number of nitrogens with zero attached hydrogens (tertiary/aromatic N) is 3. The number of amidine groups is 1. The van der Waals surface area contributed by atoms with Crippen molar-refractivity contribution >= 4 is 23.1 Å². The van der Waals surface area contributed by atoms with Crippen LogP contribution in [0.25, 0.3) is 0 Å². The lowest BCUT2D eigenvalue weighted by Crippen LogP contribution is -2.54. The molecule has 7 nitrogen and oxygen atoms in total. The lowest BCUT2D eigenvalue weighted by molar-refractivity contribution is -0.121. The average molecular weight is 437 g/mol. The normalized spacial score (nSPS) is 23.9. The van der Waals surface area contributed by atoms with Crippen molar-refractivity contribution < 1.29 is 4.79 Å². The van der Waals surface area contributed by atoms with Gasteiger partial charge in [-0.15, -0.1) is 11.3 Å². The van der Waals surface area contributed by atoms with E-state index in [0.29, 0.717) is 19.4 Å². The fourth-order valence-corrected chi connectivity index (χ4v) is 5.21. The SMILES string of the molecule is Cc1ccc(C)c(C2CC3C4NN=C(CCC(=O)NCc5cccs5)N4C=CN3N2)c1. The van der Waals surface area contributed by atoms with Gasteiger partial charge in [0.15, 0.2) is 0 Å². The van der Waals surface area contributed by atoms with Crippen molar-refractivity contribution in [2.75, 3.05) is 0 Å². The summed E-state index contributed by atoms with van der Waals surface area (Å²) in [6.07, 6.45) is 6.27. The van der Waals surface area contributed by atoms with Crippen LogP contribution in [0.15, 0.2) is 53.2 Å². The van der Waals surface area contributed by atoms with E-state index < -0.39 is 0 Å². The third-order valence-corrected chi connectivity index (χ3v) is 7.12. The Kier molecular flexibility index (Phi) is 5.41. The Morgan fingerprint density at radius 1 is 1.29 bits per heavy atom. The second kappa shape index (κ2) is 8.36. The minimum Gasteiger partial charge on any atom is -0.351 e.